The molecule has 6 heteroatoms. The molecule has 0 fully saturated rings. The lowest BCUT2D eigenvalue weighted by Gasteiger charge is -2.23. The van der Waals surface area contributed by atoms with E-state index >= 15 is 0 Å². The summed E-state index contributed by atoms with van der Waals surface area (Å²) in [7, 11) is 0. The molecule has 1 atom stereocenters. The van der Waals surface area contributed by atoms with E-state index in [0.717, 1.165) is 4.47 Å². The number of primary amides is 1. The van der Waals surface area contributed by atoms with Gasteiger partial charge in [-0.05, 0) is 18.2 Å². The van der Waals surface area contributed by atoms with Crippen LogP contribution in [-0.2, 0) is 9.59 Å². The fraction of sp³-hybridized carbons (Fsp3) is 0.111. The molecule has 1 aliphatic heterocycles. The van der Waals surface area contributed by atoms with E-state index in [1.165, 1.54) is 0 Å². The number of halogens is 1. The second-order valence-electron chi connectivity index (χ2n) is 3.03. The highest BCUT2D eigenvalue weighted by Gasteiger charge is 2.32. The molecule has 3 N–H and O–H groups in total. The average Bonchev–Trinajstić information content (AvgIpc) is 2.17. The molecular weight excluding hydrogens is 264 g/mol. The zero-order valence-corrected chi connectivity index (χ0v) is 9.08. The van der Waals surface area contributed by atoms with Gasteiger partial charge in [0.1, 0.15) is 5.75 Å². The van der Waals surface area contributed by atoms with E-state index in [1.54, 1.807) is 18.2 Å². The number of fused-ring (bicyclic) bond motifs is 1. The third kappa shape index (κ3) is 1.80. The average molecular weight is 271 g/mol. The van der Waals surface area contributed by atoms with Crippen LogP contribution in [0.4, 0.5) is 5.69 Å². The summed E-state index contributed by atoms with van der Waals surface area (Å²) in [6.45, 7) is 0. The van der Waals surface area contributed by atoms with Crippen LogP contribution in [0, 0.1) is 0 Å². The van der Waals surface area contributed by atoms with E-state index < -0.39 is 17.9 Å². The van der Waals surface area contributed by atoms with Crippen molar-refractivity contribution in [1.82, 2.24) is 0 Å². The fourth-order valence-corrected chi connectivity index (χ4v) is 1.60. The highest BCUT2D eigenvalue weighted by molar-refractivity contribution is 9.10. The van der Waals surface area contributed by atoms with Crippen LogP contribution in [0.25, 0.3) is 0 Å². The number of benzene rings is 1. The van der Waals surface area contributed by atoms with Crippen molar-refractivity contribution >= 4 is 33.4 Å². The Morgan fingerprint density at radius 3 is 2.93 bits per heavy atom. The first-order valence-corrected chi connectivity index (χ1v) is 4.93. The van der Waals surface area contributed by atoms with Gasteiger partial charge in [-0.3, -0.25) is 9.59 Å². The van der Waals surface area contributed by atoms with Gasteiger partial charge in [0, 0.05) is 4.47 Å². The van der Waals surface area contributed by atoms with Gasteiger partial charge in [0.15, 0.2) is 0 Å². The molecule has 1 unspecified atom stereocenters. The Labute approximate surface area is 93.7 Å². The van der Waals surface area contributed by atoms with Crippen molar-refractivity contribution in [3.05, 3.63) is 22.7 Å². The Kier molecular flexibility index (Phi) is 2.36. The van der Waals surface area contributed by atoms with Gasteiger partial charge >= 0.3 is 0 Å². The summed E-state index contributed by atoms with van der Waals surface area (Å²) in [5.41, 5.74) is 5.54. The van der Waals surface area contributed by atoms with Gasteiger partial charge in [-0.25, -0.2) is 0 Å². The number of ether oxygens (including phenoxy) is 1. The van der Waals surface area contributed by atoms with Crippen LogP contribution in [0.5, 0.6) is 5.75 Å². The van der Waals surface area contributed by atoms with Crippen LogP contribution in [0.1, 0.15) is 0 Å². The Morgan fingerprint density at radius 1 is 1.53 bits per heavy atom. The second kappa shape index (κ2) is 3.54. The summed E-state index contributed by atoms with van der Waals surface area (Å²) < 4.78 is 5.96. The number of hydrogen-bond donors (Lipinski definition) is 2. The normalized spacial score (nSPS) is 18.7. The van der Waals surface area contributed by atoms with Crippen LogP contribution < -0.4 is 15.8 Å². The molecule has 0 spiro atoms. The summed E-state index contributed by atoms with van der Waals surface area (Å²) in [5, 5.41) is 2.53. The van der Waals surface area contributed by atoms with Crippen molar-refractivity contribution in [3.63, 3.8) is 0 Å². The summed E-state index contributed by atoms with van der Waals surface area (Å²) >= 11 is 3.25. The predicted molar refractivity (Wildman–Crippen MR) is 56.4 cm³/mol. The van der Waals surface area contributed by atoms with Gasteiger partial charge in [0.2, 0.25) is 0 Å². The van der Waals surface area contributed by atoms with Crippen LogP contribution in [0.3, 0.4) is 0 Å². The zero-order chi connectivity index (χ0) is 11.0. The number of rotatable bonds is 1. The van der Waals surface area contributed by atoms with Gasteiger partial charge in [-0.2, -0.15) is 0 Å². The topological polar surface area (TPSA) is 81.4 Å². The third-order valence-electron chi connectivity index (χ3n) is 1.94. The lowest BCUT2D eigenvalue weighted by atomic mass is 10.2. The standard InChI is InChI=1S/C9H7BrN2O3/c10-4-1-2-5-6(3-4)15-7(8(11)13)9(14)12-5/h1-3,7H,(H2,11,13)(H,12,14). The Bertz CT molecular complexity index is 447. The van der Waals surface area contributed by atoms with Crippen molar-refractivity contribution in [3.8, 4) is 5.75 Å². The maximum atomic E-state index is 11.3. The molecule has 2 amide bonds. The lowest BCUT2D eigenvalue weighted by molar-refractivity contribution is -0.135. The maximum absolute atomic E-state index is 11.3. The minimum atomic E-state index is -1.26. The summed E-state index contributed by atoms with van der Waals surface area (Å²) in [6.07, 6.45) is -1.26. The number of anilines is 1. The van der Waals surface area contributed by atoms with Crippen LogP contribution in [0.2, 0.25) is 0 Å². The molecule has 2 rings (SSSR count). The Hall–Kier alpha value is -1.56. The Morgan fingerprint density at radius 2 is 2.27 bits per heavy atom. The first-order valence-electron chi connectivity index (χ1n) is 4.14. The predicted octanol–water partition coefficient (Wildman–Crippen LogP) is 0.634. The number of carbonyl (C=O) groups is 2. The van der Waals surface area contributed by atoms with Gasteiger partial charge in [0.05, 0.1) is 5.69 Å². The SMILES string of the molecule is NC(=O)C1Oc2cc(Br)ccc2NC1=O. The monoisotopic (exact) mass is 270 g/mol. The molecule has 0 saturated heterocycles. The molecule has 0 radical (unpaired) electrons. The number of hydrogen-bond acceptors (Lipinski definition) is 3. The minimum Gasteiger partial charge on any atom is -0.468 e. The van der Waals surface area contributed by atoms with Gasteiger partial charge in [0.25, 0.3) is 17.9 Å². The molecular formula is C9H7BrN2O3. The summed E-state index contributed by atoms with van der Waals surface area (Å²) in [6, 6.07) is 5.09. The smallest absolute Gasteiger partial charge is 0.275 e. The highest BCUT2D eigenvalue weighted by Crippen LogP contribution is 2.32. The second-order valence-corrected chi connectivity index (χ2v) is 3.95. The molecule has 1 aromatic carbocycles. The van der Waals surface area contributed by atoms with Crippen molar-refractivity contribution in [2.75, 3.05) is 5.32 Å². The molecule has 0 saturated carbocycles. The van der Waals surface area contributed by atoms with E-state index in [2.05, 4.69) is 21.2 Å². The molecule has 1 heterocycles. The van der Waals surface area contributed by atoms with E-state index in [-0.39, 0.29) is 0 Å². The molecule has 0 aromatic heterocycles. The highest BCUT2D eigenvalue weighted by atomic mass is 79.9. The number of nitrogens with one attached hydrogen (secondary N) is 1. The van der Waals surface area contributed by atoms with Crippen molar-refractivity contribution < 1.29 is 14.3 Å². The first-order chi connectivity index (χ1) is 7.08. The minimum absolute atomic E-state index is 0.424. The summed E-state index contributed by atoms with van der Waals surface area (Å²) in [5.74, 6) is -0.928. The van der Waals surface area contributed by atoms with Crippen LogP contribution >= 0.6 is 15.9 Å². The molecule has 78 valence electrons. The number of nitrogens with two attached hydrogens (primary N) is 1. The number of carbonyl (C=O) groups excluding carboxylic acids is 2. The summed E-state index contributed by atoms with van der Waals surface area (Å²) in [4.78, 5) is 22.2. The zero-order valence-electron chi connectivity index (χ0n) is 7.49. The van der Waals surface area contributed by atoms with Crippen LogP contribution in [0.15, 0.2) is 22.7 Å². The van der Waals surface area contributed by atoms with E-state index in [4.69, 9.17) is 10.5 Å². The lowest BCUT2D eigenvalue weighted by Crippen LogP contribution is -2.46. The molecule has 0 aliphatic carbocycles. The van der Waals surface area contributed by atoms with Crippen molar-refractivity contribution in [2.24, 2.45) is 5.73 Å². The molecule has 1 aliphatic rings. The third-order valence-corrected chi connectivity index (χ3v) is 2.44. The largest absolute Gasteiger partial charge is 0.468 e. The van der Waals surface area contributed by atoms with Gasteiger partial charge in [-0.15, -0.1) is 0 Å². The van der Waals surface area contributed by atoms with E-state index in [1.807, 2.05) is 0 Å². The van der Waals surface area contributed by atoms with E-state index in [0.29, 0.717) is 11.4 Å². The van der Waals surface area contributed by atoms with E-state index in [9.17, 15) is 9.59 Å². The molecule has 15 heavy (non-hydrogen) atoms. The van der Waals surface area contributed by atoms with Crippen LogP contribution in [-0.4, -0.2) is 17.9 Å². The molecule has 5 nitrogen and oxygen atoms in total. The number of amides is 2. The Balaban J connectivity index is 2.39. The van der Waals surface area contributed by atoms with Crippen molar-refractivity contribution in [1.29, 1.82) is 0 Å². The quantitative estimate of drug-likeness (QED) is 0.735. The van der Waals surface area contributed by atoms with Gasteiger partial charge in [-0.1, -0.05) is 15.9 Å². The molecule has 1 aromatic rings. The maximum Gasteiger partial charge on any atom is 0.275 e. The fourth-order valence-electron chi connectivity index (χ4n) is 1.26. The first kappa shape index (κ1) is 9.97. The van der Waals surface area contributed by atoms with Gasteiger partial charge < -0.3 is 15.8 Å². The molecule has 0 bridgehead atoms. The van der Waals surface area contributed by atoms with Crippen molar-refractivity contribution in [2.45, 2.75) is 6.10 Å².